The summed E-state index contributed by atoms with van der Waals surface area (Å²) >= 11 is 0. The molecule has 6 aromatic rings. The Bertz CT molecular complexity index is 2260. The number of nitrogens with two attached hydrogens (primary N) is 2. The molecule has 0 radical (unpaired) electrons. The van der Waals surface area contributed by atoms with Crippen molar-refractivity contribution in [3.8, 4) is 34.9 Å². The van der Waals surface area contributed by atoms with Crippen LogP contribution in [0.1, 0.15) is 27.7 Å². The number of fused-ring (bicyclic) bond motifs is 2. The molecule has 6 heterocycles. The molecule has 0 bridgehead atoms. The number of hydrogen-bond donors (Lipinski definition) is 4. The van der Waals surface area contributed by atoms with Gasteiger partial charge in [-0.3, -0.25) is 0 Å². The van der Waals surface area contributed by atoms with Gasteiger partial charge in [-0.25, -0.2) is 23.8 Å². The molecule has 2 aliphatic heterocycles. The van der Waals surface area contributed by atoms with E-state index < -0.39 is 0 Å². The molecule has 2 aromatic carbocycles. The monoisotopic (exact) mass is 788 g/mol. The van der Waals surface area contributed by atoms with Gasteiger partial charge < -0.3 is 41.4 Å². The zero-order valence-electron chi connectivity index (χ0n) is 30.9. The Labute approximate surface area is 338 Å². The van der Waals surface area contributed by atoms with E-state index in [1.807, 2.05) is 94.2 Å². The molecule has 2 aliphatic rings. The fraction of sp³-hybridized carbons (Fsp3) is 0.341. The van der Waals surface area contributed by atoms with Gasteiger partial charge in [0.1, 0.15) is 11.0 Å². The lowest BCUT2D eigenvalue weighted by atomic mass is 10.2. The van der Waals surface area contributed by atoms with E-state index in [0.29, 0.717) is 50.1 Å². The first-order chi connectivity index (χ1) is 27.5. The molecule has 17 heteroatoms. The normalized spacial score (nSPS) is 13.3. The van der Waals surface area contributed by atoms with Crippen LogP contribution in [0.4, 0.5) is 27.8 Å². The van der Waals surface area contributed by atoms with Gasteiger partial charge >= 0.3 is 6.03 Å². The number of amides is 2. The summed E-state index contributed by atoms with van der Waals surface area (Å²) in [6.45, 7) is 6.90. The molecule has 2 fully saturated rings. The van der Waals surface area contributed by atoms with E-state index in [2.05, 4.69) is 30.6 Å². The number of nitrogen functional groups attached to an aromatic ring is 1. The topological polar surface area (TPSA) is 226 Å². The van der Waals surface area contributed by atoms with Crippen LogP contribution in [-0.2, 0) is 9.47 Å². The number of rotatable bonds is 8. The molecule has 0 saturated carbocycles. The summed E-state index contributed by atoms with van der Waals surface area (Å²) in [7, 11) is 0. The summed E-state index contributed by atoms with van der Waals surface area (Å²) in [5.41, 5.74) is 15.8. The number of carbonyl (C=O) groups is 1. The van der Waals surface area contributed by atoms with Crippen LogP contribution in [0.2, 0.25) is 0 Å². The van der Waals surface area contributed by atoms with Gasteiger partial charge in [0.15, 0.2) is 23.3 Å². The number of urea groups is 1. The van der Waals surface area contributed by atoms with E-state index in [4.69, 9.17) is 41.4 Å². The third-order valence-corrected chi connectivity index (χ3v) is 8.71. The number of morpholine rings is 2. The van der Waals surface area contributed by atoms with Gasteiger partial charge in [-0.1, -0.05) is 14.9 Å². The molecule has 6 N–H and O–H groups in total. The third-order valence-electron chi connectivity index (χ3n) is 8.71. The molecule has 0 unspecified atom stereocenters. The summed E-state index contributed by atoms with van der Waals surface area (Å²) < 4.78 is 14.6. The average molecular weight is 789 g/mol. The van der Waals surface area contributed by atoms with Gasteiger partial charge in [0.25, 0.3) is 0 Å². The smallest absolute Gasteiger partial charge is 0.319 e. The highest BCUT2D eigenvalue weighted by Crippen LogP contribution is 2.27. The van der Waals surface area contributed by atoms with Crippen molar-refractivity contribution in [1.29, 1.82) is 10.5 Å². The van der Waals surface area contributed by atoms with Gasteiger partial charge in [0.2, 0.25) is 0 Å². The van der Waals surface area contributed by atoms with Gasteiger partial charge in [-0.2, -0.15) is 10.5 Å². The Morgan fingerprint density at radius 3 is 1.60 bits per heavy atom. The number of nitrogens with zero attached hydrogens (tertiary/aromatic N) is 10. The molecular formula is C41H52N14O3. The zero-order valence-corrected chi connectivity index (χ0v) is 30.9. The van der Waals surface area contributed by atoms with E-state index in [0.717, 1.165) is 78.9 Å². The molecule has 0 atom stereocenters. The average Bonchev–Trinajstić information content (AvgIpc) is 3.93. The number of anilines is 4. The molecule has 0 aliphatic carbocycles. The predicted octanol–water partition coefficient (Wildman–Crippen LogP) is 5.21. The minimum absolute atomic E-state index is 0. The number of nitriles is 2. The quantitative estimate of drug-likeness (QED) is 0.115. The number of ether oxygens (including phenoxy) is 2. The van der Waals surface area contributed by atoms with Crippen LogP contribution in [0.25, 0.3) is 33.8 Å². The lowest BCUT2D eigenvalue weighted by molar-refractivity contribution is 0.122. The predicted molar refractivity (Wildman–Crippen MR) is 227 cm³/mol. The molecule has 0 spiro atoms. The van der Waals surface area contributed by atoms with Crippen molar-refractivity contribution in [1.82, 2.24) is 34.5 Å². The van der Waals surface area contributed by atoms with E-state index in [1.165, 1.54) is 0 Å². The molecule has 4 aromatic heterocycles. The van der Waals surface area contributed by atoms with Crippen molar-refractivity contribution < 1.29 is 14.3 Å². The van der Waals surface area contributed by atoms with Gasteiger partial charge in [-0.15, -0.1) is 10.2 Å². The van der Waals surface area contributed by atoms with Crippen molar-refractivity contribution in [2.45, 2.75) is 27.7 Å². The van der Waals surface area contributed by atoms with Crippen LogP contribution >= 0.6 is 0 Å². The Kier molecular flexibility index (Phi) is 16.7. The highest BCUT2D eigenvalue weighted by molar-refractivity contribution is 5.89. The fourth-order valence-corrected chi connectivity index (χ4v) is 5.90. The van der Waals surface area contributed by atoms with Crippen LogP contribution in [0, 0.1) is 22.7 Å². The number of nitrogens with one attached hydrogen (secondary N) is 2. The van der Waals surface area contributed by atoms with Crippen molar-refractivity contribution in [2.24, 2.45) is 5.73 Å². The van der Waals surface area contributed by atoms with E-state index in [-0.39, 0.29) is 27.3 Å². The highest BCUT2D eigenvalue weighted by atomic mass is 16.5. The Balaban J connectivity index is 0.000000229. The molecular weight excluding hydrogens is 737 g/mol. The minimum Gasteiger partial charge on any atom is -0.399 e. The van der Waals surface area contributed by atoms with Crippen LogP contribution in [0.15, 0.2) is 85.2 Å². The first-order valence-electron chi connectivity index (χ1n) is 18.3. The third kappa shape index (κ3) is 11.4. The molecule has 2 saturated heterocycles. The number of benzene rings is 2. The Hall–Kier alpha value is -6.79. The molecule has 2 amide bonds. The maximum Gasteiger partial charge on any atom is 0.319 e. The van der Waals surface area contributed by atoms with E-state index in [1.54, 1.807) is 12.1 Å². The molecule has 58 heavy (non-hydrogen) atoms. The second-order valence-corrected chi connectivity index (χ2v) is 12.6. The molecule has 17 nitrogen and oxygen atoms in total. The van der Waals surface area contributed by atoms with Crippen LogP contribution < -0.4 is 31.9 Å². The summed E-state index contributed by atoms with van der Waals surface area (Å²) in [5.74, 6) is 3.16. The molecule has 304 valence electrons. The lowest BCUT2D eigenvalue weighted by Crippen LogP contribution is -2.37. The Morgan fingerprint density at radius 1 is 0.707 bits per heavy atom. The Morgan fingerprint density at radius 2 is 1.17 bits per heavy atom. The number of aromatic nitrogens is 6. The first-order valence-corrected chi connectivity index (χ1v) is 18.3. The number of carbonyl (C=O) groups excluding carboxylic acids is 1. The summed E-state index contributed by atoms with van der Waals surface area (Å²) in [5, 5.41) is 30.8. The fourth-order valence-electron chi connectivity index (χ4n) is 5.90. The number of hydrogen-bond acceptors (Lipinski definition) is 13. The van der Waals surface area contributed by atoms with Crippen molar-refractivity contribution in [3.05, 3.63) is 85.2 Å². The van der Waals surface area contributed by atoms with Gasteiger partial charge in [0, 0.05) is 80.6 Å². The maximum absolute atomic E-state index is 11.8. The van der Waals surface area contributed by atoms with Gasteiger partial charge in [-0.05, 0) is 72.8 Å². The largest absolute Gasteiger partial charge is 0.399 e. The summed E-state index contributed by atoms with van der Waals surface area (Å²) in [6, 6.07) is 26.5. The van der Waals surface area contributed by atoms with Crippen molar-refractivity contribution in [3.63, 3.8) is 0 Å². The highest BCUT2D eigenvalue weighted by Gasteiger charge is 2.20. The van der Waals surface area contributed by atoms with Gasteiger partial charge in [0.05, 0.1) is 45.0 Å². The zero-order chi connectivity index (χ0) is 39.1. The van der Waals surface area contributed by atoms with Crippen molar-refractivity contribution in [2.75, 3.05) is 86.5 Å². The lowest BCUT2D eigenvalue weighted by Gasteiger charge is -2.28. The SMILES string of the molecule is C.C.N#CCCN.N#CCCNC(=O)Nc1ccc(-c2nc(N3CCOCC3)c3cccn3n2)cc1.Nc1ccc(-c2nc(N3CCOCC3)c3cccn3n2)cc1. The second-order valence-electron chi connectivity index (χ2n) is 12.6. The summed E-state index contributed by atoms with van der Waals surface area (Å²) in [6.07, 6.45) is 4.60. The van der Waals surface area contributed by atoms with Crippen LogP contribution in [0.5, 0.6) is 0 Å². The van der Waals surface area contributed by atoms with Crippen molar-refractivity contribution >= 4 is 40.1 Å². The maximum atomic E-state index is 11.8. The molecule has 8 rings (SSSR count). The van der Waals surface area contributed by atoms with Crippen LogP contribution in [-0.4, -0.2) is 101 Å². The first kappa shape index (κ1) is 43.9. The van der Waals surface area contributed by atoms with Crippen LogP contribution in [0.3, 0.4) is 0 Å². The standard InChI is InChI=1S/C20H21N7O2.C16H17N5O.C3H6N2.2CH4/c21-8-2-9-22-20(28)23-16-6-4-15(5-7-16)18-24-19(26-11-13-29-14-12-26)17-3-1-10-27(17)25-18;17-13-5-3-12(4-6-13)15-18-16(20-8-10-22-11-9-20)14-2-1-7-21(14)19-15;4-2-1-3-5;;/h1,3-7,10H,2,9,11-14H2,(H2,22,23,28);1-7H,8-11,17H2;1-2,4H2;2*1H4. The van der Waals surface area contributed by atoms with E-state index >= 15 is 0 Å². The van der Waals surface area contributed by atoms with E-state index in [9.17, 15) is 4.79 Å². The summed E-state index contributed by atoms with van der Waals surface area (Å²) in [4.78, 5) is 25.9. The minimum atomic E-state index is -0.340. The second kappa shape index (κ2) is 22.1.